The largest absolute Gasteiger partial charge is 0.350 e. The molecule has 2 aromatic heterocycles. The molecule has 0 spiro atoms. The second-order valence-corrected chi connectivity index (χ2v) is 7.79. The molecule has 0 fully saturated rings. The third-order valence-corrected chi connectivity index (χ3v) is 5.27. The summed E-state index contributed by atoms with van der Waals surface area (Å²) in [7, 11) is 0. The standard InChI is InChI=1S/C15H20N4O2S/c1-15(2)4-3-12-10(6-15)5-11(22-12)7-16-13(20)8-19-9-17-18-14(19)21/h5,9H,3-4,6-8H2,1-2H3,(H,16,20)(H,18,21). The van der Waals surface area contributed by atoms with Gasteiger partial charge in [0.2, 0.25) is 5.91 Å². The van der Waals surface area contributed by atoms with E-state index in [9.17, 15) is 9.59 Å². The van der Waals surface area contributed by atoms with Crippen LogP contribution in [0.15, 0.2) is 17.2 Å². The number of nitrogens with zero attached hydrogens (tertiary/aromatic N) is 2. The number of hydrogen-bond acceptors (Lipinski definition) is 4. The number of thiophene rings is 1. The molecule has 2 aromatic rings. The van der Waals surface area contributed by atoms with Gasteiger partial charge in [0.15, 0.2) is 0 Å². The summed E-state index contributed by atoms with van der Waals surface area (Å²) in [5.41, 5.74) is 1.43. The van der Waals surface area contributed by atoms with E-state index >= 15 is 0 Å². The number of aryl methyl sites for hydroxylation is 1. The number of aromatic nitrogens is 3. The Bertz CT molecular complexity index is 741. The Morgan fingerprint density at radius 3 is 3.09 bits per heavy atom. The first-order chi connectivity index (χ1) is 10.4. The van der Waals surface area contributed by atoms with E-state index in [1.54, 1.807) is 11.3 Å². The quantitative estimate of drug-likeness (QED) is 0.895. The normalized spacial score (nSPS) is 16.3. The number of rotatable bonds is 4. The van der Waals surface area contributed by atoms with Gasteiger partial charge in [0.05, 0.1) is 6.54 Å². The summed E-state index contributed by atoms with van der Waals surface area (Å²) >= 11 is 1.79. The van der Waals surface area contributed by atoms with E-state index < -0.39 is 0 Å². The number of nitrogens with one attached hydrogen (secondary N) is 2. The van der Waals surface area contributed by atoms with Gasteiger partial charge in [-0.2, -0.15) is 5.10 Å². The van der Waals surface area contributed by atoms with Gasteiger partial charge in [0.25, 0.3) is 0 Å². The second-order valence-electron chi connectivity index (χ2n) is 6.57. The molecule has 1 aliphatic carbocycles. The molecule has 0 bridgehead atoms. The van der Waals surface area contributed by atoms with Gasteiger partial charge >= 0.3 is 5.69 Å². The summed E-state index contributed by atoms with van der Waals surface area (Å²) < 4.78 is 1.25. The van der Waals surface area contributed by atoms with Crippen molar-refractivity contribution in [3.05, 3.63) is 38.2 Å². The Labute approximate surface area is 132 Å². The first-order valence-corrected chi connectivity index (χ1v) is 8.22. The van der Waals surface area contributed by atoms with E-state index in [1.807, 2.05) is 0 Å². The van der Waals surface area contributed by atoms with Gasteiger partial charge in [-0.3, -0.25) is 9.36 Å². The summed E-state index contributed by atoms with van der Waals surface area (Å²) in [4.78, 5) is 25.8. The summed E-state index contributed by atoms with van der Waals surface area (Å²) in [5, 5.41) is 8.73. The van der Waals surface area contributed by atoms with Crippen LogP contribution in [0, 0.1) is 5.41 Å². The maximum atomic E-state index is 11.9. The molecule has 1 aliphatic rings. The number of carbonyl (C=O) groups is 1. The van der Waals surface area contributed by atoms with Gasteiger partial charge in [0, 0.05) is 9.75 Å². The van der Waals surface area contributed by atoms with E-state index in [-0.39, 0.29) is 18.1 Å². The van der Waals surface area contributed by atoms with E-state index in [2.05, 4.69) is 35.4 Å². The van der Waals surface area contributed by atoms with Gasteiger partial charge in [-0.05, 0) is 36.3 Å². The molecule has 0 saturated carbocycles. The van der Waals surface area contributed by atoms with E-state index in [4.69, 9.17) is 0 Å². The maximum absolute atomic E-state index is 11.9. The number of hydrogen-bond donors (Lipinski definition) is 2. The number of aromatic amines is 1. The van der Waals surface area contributed by atoms with E-state index in [1.165, 1.54) is 32.6 Å². The Morgan fingerprint density at radius 1 is 1.55 bits per heavy atom. The Morgan fingerprint density at radius 2 is 2.36 bits per heavy atom. The highest BCUT2D eigenvalue weighted by molar-refractivity contribution is 7.12. The Balaban J connectivity index is 1.58. The molecule has 0 radical (unpaired) electrons. The van der Waals surface area contributed by atoms with Crippen molar-refractivity contribution >= 4 is 17.2 Å². The van der Waals surface area contributed by atoms with Crippen molar-refractivity contribution in [2.75, 3.05) is 0 Å². The minimum atomic E-state index is -0.371. The maximum Gasteiger partial charge on any atom is 0.343 e. The lowest BCUT2D eigenvalue weighted by atomic mass is 9.77. The second kappa shape index (κ2) is 5.72. The molecule has 0 aliphatic heterocycles. The number of amides is 1. The third kappa shape index (κ3) is 3.30. The predicted octanol–water partition coefficient (Wildman–Crippen LogP) is 1.46. The molecule has 0 aromatic carbocycles. The lowest BCUT2D eigenvalue weighted by Crippen LogP contribution is -2.30. The van der Waals surface area contributed by atoms with Gasteiger partial charge in [-0.15, -0.1) is 11.3 Å². The van der Waals surface area contributed by atoms with Crippen LogP contribution in [-0.2, 0) is 30.7 Å². The van der Waals surface area contributed by atoms with Crippen LogP contribution in [-0.4, -0.2) is 20.7 Å². The molecule has 2 N–H and O–H groups in total. The summed E-state index contributed by atoms with van der Waals surface area (Å²) in [5.74, 6) is -0.185. The smallest absolute Gasteiger partial charge is 0.343 e. The van der Waals surface area contributed by atoms with Crippen molar-refractivity contribution in [1.82, 2.24) is 20.1 Å². The molecule has 1 amide bonds. The summed E-state index contributed by atoms with van der Waals surface area (Å²) in [6.07, 6.45) is 4.78. The average Bonchev–Trinajstić information content (AvgIpc) is 3.02. The highest BCUT2D eigenvalue weighted by Crippen LogP contribution is 2.38. The SMILES string of the molecule is CC1(C)CCc2sc(CNC(=O)Cn3cn[nH]c3=O)cc2C1. The fraction of sp³-hybridized carbons (Fsp3) is 0.533. The van der Waals surface area contributed by atoms with Crippen LogP contribution < -0.4 is 11.0 Å². The zero-order valence-corrected chi connectivity index (χ0v) is 13.6. The van der Waals surface area contributed by atoms with Gasteiger partial charge in [-0.25, -0.2) is 9.89 Å². The van der Waals surface area contributed by atoms with Crippen molar-refractivity contribution in [2.45, 2.75) is 46.2 Å². The van der Waals surface area contributed by atoms with Crippen LogP contribution in [0.4, 0.5) is 0 Å². The topological polar surface area (TPSA) is 79.8 Å². The van der Waals surface area contributed by atoms with Crippen LogP contribution >= 0.6 is 11.3 Å². The molecule has 118 valence electrons. The molecule has 7 heteroatoms. The first-order valence-electron chi connectivity index (χ1n) is 7.40. The molecule has 0 atom stereocenters. The number of fused-ring (bicyclic) bond motifs is 1. The van der Waals surface area contributed by atoms with Crippen LogP contribution in [0.2, 0.25) is 0 Å². The molecule has 2 heterocycles. The van der Waals surface area contributed by atoms with Crippen LogP contribution in [0.5, 0.6) is 0 Å². The van der Waals surface area contributed by atoms with Crippen LogP contribution in [0.25, 0.3) is 0 Å². The van der Waals surface area contributed by atoms with Crippen molar-refractivity contribution in [1.29, 1.82) is 0 Å². The van der Waals surface area contributed by atoms with Crippen molar-refractivity contribution in [3.63, 3.8) is 0 Å². The fourth-order valence-electron chi connectivity index (χ4n) is 2.81. The van der Waals surface area contributed by atoms with Crippen LogP contribution in [0.1, 0.15) is 35.6 Å². The third-order valence-electron chi connectivity index (χ3n) is 4.04. The zero-order chi connectivity index (χ0) is 15.7. The molecule has 3 rings (SSSR count). The molecule has 0 unspecified atom stereocenters. The van der Waals surface area contributed by atoms with Crippen LogP contribution in [0.3, 0.4) is 0 Å². The molecule has 22 heavy (non-hydrogen) atoms. The lowest BCUT2D eigenvalue weighted by Gasteiger charge is -2.29. The van der Waals surface area contributed by atoms with Crippen molar-refractivity contribution in [3.8, 4) is 0 Å². The predicted molar refractivity (Wildman–Crippen MR) is 84.8 cm³/mol. The highest BCUT2D eigenvalue weighted by atomic mass is 32.1. The number of carbonyl (C=O) groups excluding carboxylic acids is 1. The minimum absolute atomic E-state index is 0.00649. The van der Waals surface area contributed by atoms with Crippen molar-refractivity contribution in [2.24, 2.45) is 5.41 Å². The first kappa shape index (κ1) is 15.0. The van der Waals surface area contributed by atoms with Gasteiger partial charge in [-0.1, -0.05) is 13.8 Å². The molecule has 6 nitrogen and oxygen atoms in total. The summed E-state index contributed by atoms with van der Waals surface area (Å²) in [6.45, 7) is 5.12. The van der Waals surface area contributed by atoms with E-state index in [0.717, 1.165) is 12.8 Å². The molecular weight excluding hydrogens is 300 g/mol. The summed E-state index contributed by atoms with van der Waals surface area (Å²) in [6, 6.07) is 2.21. The minimum Gasteiger partial charge on any atom is -0.350 e. The van der Waals surface area contributed by atoms with Gasteiger partial charge < -0.3 is 5.32 Å². The Hall–Kier alpha value is -1.89. The monoisotopic (exact) mass is 320 g/mol. The average molecular weight is 320 g/mol. The lowest BCUT2D eigenvalue weighted by molar-refractivity contribution is -0.121. The van der Waals surface area contributed by atoms with E-state index in [0.29, 0.717) is 12.0 Å². The zero-order valence-electron chi connectivity index (χ0n) is 12.8. The van der Waals surface area contributed by atoms with Gasteiger partial charge in [0.1, 0.15) is 12.9 Å². The Kier molecular flexibility index (Phi) is 3.90. The fourth-order valence-corrected chi connectivity index (χ4v) is 3.94. The van der Waals surface area contributed by atoms with Crippen molar-refractivity contribution < 1.29 is 4.79 Å². The molecular formula is C15H20N4O2S. The highest BCUT2D eigenvalue weighted by Gasteiger charge is 2.26. The number of H-pyrrole nitrogens is 1. The molecule has 0 saturated heterocycles.